The maximum atomic E-state index is 5.68. The molecule has 0 aromatic rings. The minimum Gasteiger partial charge on any atom is -0.271 e. The molecule has 1 heterocycles. The normalized spacial score (nSPS) is 24.9. The molecule has 3 nitrogen and oxygen atoms in total. The van der Waals surface area contributed by atoms with Crippen LogP contribution in [0.1, 0.15) is 40.5 Å². The highest BCUT2D eigenvalue weighted by Crippen LogP contribution is 2.23. The highest BCUT2D eigenvalue weighted by molar-refractivity contribution is 4.69. The Hall–Kier alpha value is -0.120. The standard InChI is InChI=1S/C10H21NO2/c1-5-9(6-2)10-7-12-11(13-10)8(3)4/h8-10H,5-7H2,1-4H3. The van der Waals surface area contributed by atoms with Crippen LogP contribution in [0.2, 0.25) is 0 Å². The van der Waals surface area contributed by atoms with Crippen molar-refractivity contribution in [3.8, 4) is 0 Å². The third-order valence-corrected chi connectivity index (χ3v) is 2.60. The second-order valence-electron chi connectivity index (χ2n) is 3.90. The molecule has 0 aromatic carbocycles. The predicted octanol–water partition coefficient (Wildman–Crippen LogP) is 2.38. The lowest BCUT2D eigenvalue weighted by Crippen LogP contribution is -2.28. The minimum absolute atomic E-state index is 0.261. The Morgan fingerprint density at radius 1 is 1.31 bits per heavy atom. The van der Waals surface area contributed by atoms with E-state index in [1.54, 1.807) is 5.23 Å². The van der Waals surface area contributed by atoms with E-state index in [4.69, 9.17) is 9.68 Å². The van der Waals surface area contributed by atoms with Crippen LogP contribution in [-0.2, 0) is 9.68 Å². The second-order valence-corrected chi connectivity index (χ2v) is 3.90. The largest absolute Gasteiger partial charge is 0.271 e. The topological polar surface area (TPSA) is 21.7 Å². The van der Waals surface area contributed by atoms with Gasteiger partial charge in [-0.2, -0.15) is 0 Å². The zero-order valence-electron chi connectivity index (χ0n) is 9.12. The van der Waals surface area contributed by atoms with Crippen molar-refractivity contribution in [2.75, 3.05) is 6.61 Å². The van der Waals surface area contributed by atoms with Gasteiger partial charge in [-0.1, -0.05) is 31.9 Å². The Bertz CT molecular complexity index is 146. The van der Waals surface area contributed by atoms with E-state index in [-0.39, 0.29) is 6.10 Å². The summed E-state index contributed by atoms with van der Waals surface area (Å²) in [7, 11) is 0. The zero-order chi connectivity index (χ0) is 9.84. The zero-order valence-corrected chi connectivity index (χ0v) is 9.12. The van der Waals surface area contributed by atoms with Crippen LogP contribution in [0.25, 0.3) is 0 Å². The van der Waals surface area contributed by atoms with Crippen molar-refractivity contribution < 1.29 is 9.68 Å². The van der Waals surface area contributed by atoms with E-state index in [2.05, 4.69) is 27.7 Å². The van der Waals surface area contributed by atoms with E-state index >= 15 is 0 Å². The molecule has 0 aromatic heterocycles. The maximum absolute atomic E-state index is 5.68. The number of hydrogen-bond acceptors (Lipinski definition) is 3. The van der Waals surface area contributed by atoms with Crippen LogP contribution < -0.4 is 0 Å². The van der Waals surface area contributed by atoms with E-state index < -0.39 is 0 Å². The molecule has 0 radical (unpaired) electrons. The van der Waals surface area contributed by atoms with E-state index in [1.807, 2.05) is 0 Å². The Kier molecular flexibility index (Phi) is 4.16. The Balaban J connectivity index is 2.39. The molecule has 1 atom stereocenters. The van der Waals surface area contributed by atoms with Gasteiger partial charge in [0.2, 0.25) is 0 Å². The fourth-order valence-electron chi connectivity index (χ4n) is 1.65. The SMILES string of the molecule is CCC(CC)C1CON(C(C)C)O1. The van der Waals surface area contributed by atoms with Crippen LogP contribution in [0.15, 0.2) is 0 Å². The van der Waals surface area contributed by atoms with Crippen molar-refractivity contribution in [3.63, 3.8) is 0 Å². The maximum Gasteiger partial charge on any atom is 0.110 e. The van der Waals surface area contributed by atoms with Gasteiger partial charge in [0.05, 0.1) is 12.6 Å². The molecule has 78 valence electrons. The molecule has 1 unspecified atom stereocenters. The molecule has 13 heavy (non-hydrogen) atoms. The average Bonchev–Trinajstić information content (AvgIpc) is 2.56. The number of hydrogen-bond donors (Lipinski definition) is 0. The van der Waals surface area contributed by atoms with E-state index in [0.717, 1.165) is 12.8 Å². The Labute approximate surface area is 80.9 Å². The molecule has 0 N–H and O–H groups in total. The summed E-state index contributed by atoms with van der Waals surface area (Å²) in [5, 5.41) is 1.63. The molecule has 0 saturated carbocycles. The summed E-state index contributed by atoms with van der Waals surface area (Å²) in [4.78, 5) is 11.1. The lowest BCUT2D eigenvalue weighted by atomic mass is 9.97. The first-order chi connectivity index (χ1) is 6.19. The third-order valence-electron chi connectivity index (χ3n) is 2.60. The van der Waals surface area contributed by atoms with Crippen LogP contribution in [0.3, 0.4) is 0 Å². The fourth-order valence-corrected chi connectivity index (χ4v) is 1.65. The van der Waals surface area contributed by atoms with E-state index in [0.29, 0.717) is 18.6 Å². The Morgan fingerprint density at radius 3 is 2.31 bits per heavy atom. The molecule has 0 amide bonds. The minimum atomic E-state index is 0.261. The number of nitrogens with zero attached hydrogens (tertiary/aromatic N) is 1. The molecule has 1 rings (SSSR count). The average molecular weight is 187 g/mol. The molecule has 1 saturated heterocycles. The van der Waals surface area contributed by atoms with Gasteiger partial charge in [0, 0.05) is 0 Å². The number of hydroxylamine groups is 2. The summed E-state index contributed by atoms with van der Waals surface area (Å²) >= 11 is 0. The van der Waals surface area contributed by atoms with Gasteiger partial charge in [-0.15, -0.1) is 0 Å². The highest BCUT2D eigenvalue weighted by Gasteiger charge is 2.31. The fraction of sp³-hybridized carbons (Fsp3) is 1.00. The van der Waals surface area contributed by atoms with Crippen molar-refractivity contribution >= 4 is 0 Å². The van der Waals surface area contributed by atoms with Crippen molar-refractivity contribution in [1.82, 2.24) is 5.23 Å². The quantitative estimate of drug-likeness (QED) is 0.674. The first-order valence-corrected chi connectivity index (χ1v) is 5.27. The molecule has 0 bridgehead atoms. The molecule has 1 fully saturated rings. The van der Waals surface area contributed by atoms with Gasteiger partial charge in [0.1, 0.15) is 6.10 Å². The van der Waals surface area contributed by atoms with Gasteiger partial charge in [-0.3, -0.25) is 9.68 Å². The first kappa shape index (κ1) is 11.0. The first-order valence-electron chi connectivity index (χ1n) is 5.27. The van der Waals surface area contributed by atoms with Crippen LogP contribution in [0, 0.1) is 5.92 Å². The lowest BCUT2D eigenvalue weighted by molar-refractivity contribution is -0.328. The summed E-state index contributed by atoms with van der Waals surface area (Å²) in [6.07, 6.45) is 2.59. The van der Waals surface area contributed by atoms with Crippen LogP contribution >= 0.6 is 0 Å². The third kappa shape index (κ3) is 2.66. The van der Waals surface area contributed by atoms with Gasteiger partial charge in [0.25, 0.3) is 0 Å². The summed E-state index contributed by atoms with van der Waals surface area (Å²) in [6.45, 7) is 9.25. The van der Waals surface area contributed by atoms with Crippen LogP contribution in [0.4, 0.5) is 0 Å². The molecular formula is C10H21NO2. The summed E-state index contributed by atoms with van der Waals surface area (Å²) in [5.41, 5.74) is 0. The van der Waals surface area contributed by atoms with E-state index in [9.17, 15) is 0 Å². The summed E-state index contributed by atoms with van der Waals surface area (Å²) in [5.74, 6) is 0.628. The van der Waals surface area contributed by atoms with Gasteiger partial charge in [0.15, 0.2) is 0 Å². The van der Waals surface area contributed by atoms with Gasteiger partial charge < -0.3 is 0 Å². The number of rotatable bonds is 4. The van der Waals surface area contributed by atoms with Crippen molar-refractivity contribution in [3.05, 3.63) is 0 Å². The molecular weight excluding hydrogens is 166 g/mol. The molecule has 0 aliphatic carbocycles. The predicted molar refractivity (Wildman–Crippen MR) is 51.9 cm³/mol. The highest BCUT2D eigenvalue weighted by atomic mass is 17.0. The smallest absolute Gasteiger partial charge is 0.110 e. The molecule has 0 spiro atoms. The molecule has 3 heteroatoms. The van der Waals surface area contributed by atoms with Crippen LogP contribution in [-0.4, -0.2) is 24.0 Å². The summed E-state index contributed by atoms with van der Waals surface area (Å²) < 4.78 is 0. The molecule has 1 aliphatic heterocycles. The van der Waals surface area contributed by atoms with Crippen molar-refractivity contribution in [2.45, 2.75) is 52.7 Å². The van der Waals surface area contributed by atoms with Gasteiger partial charge >= 0.3 is 0 Å². The summed E-state index contributed by atoms with van der Waals surface area (Å²) in [6, 6.07) is 0.305. The van der Waals surface area contributed by atoms with Gasteiger partial charge in [-0.05, 0) is 19.8 Å². The monoisotopic (exact) mass is 187 g/mol. The van der Waals surface area contributed by atoms with Gasteiger partial charge in [-0.25, -0.2) is 0 Å². The van der Waals surface area contributed by atoms with E-state index in [1.165, 1.54) is 0 Å². The lowest BCUT2D eigenvalue weighted by Gasteiger charge is -2.20. The van der Waals surface area contributed by atoms with Crippen LogP contribution in [0.5, 0.6) is 0 Å². The van der Waals surface area contributed by atoms with Crippen molar-refractivity contribution in [2.24, 2.45) is 5.92 Å². The second kappa shape index (κ2) is 4.94. The van der Waals surface area contributed by atoms with Crippen molar-refractivity contribution in [1.29, 1.82) is 0 Å². The Morgan fingerprint density at radius 2 is 1.92 bits per heavy atom. The molecule has 1 aliphatic rings.